The summed E-state index contributed by atoms with van der Waals surface area (Å²) < 4.78 is 5.40. The summed E-state index contributed by atoms with van der Waals surface area (Å²) in [5.74, 6) is 0.790. The number of nitrogens with zero attached hydrogens (tertiary/aromatic N) is 4. The van der Waals surface area contributed by atoms with Crippen molar-refractivity contribution in [3.05, 3.63) is 0 Å². The lowest BCUT2D eigenvalue weighted by Gasteiger charge is -2.33. The summed E-state index contributed by atoms with van der Waals surface area (Å²) in [6, 6.07) is 0.424. The average molecular weight is 397 g/mol. The second-order valence-corrected chi connectivity index (χ2v) is 7.95. The number of ether oxygens (including phenoxy) is 1. The van der Waals surface area contributed by atoms with Crippen molar-refractivity contribution < 1.29 is 9.53 Å². The molecule has 2 fully saturated rings. The number of carbonyl (C=O) groups excluding carboxylic acids is 1. The lowest BCUT2D eigenvalue weighted by molar-refractivity contribution is -0.127. The molecule has 0 saturated carbocycles. The second-order valence-electron chi connectivity index (χ2n) is 7.95. The summed E-state index contributed by atoms with van der Waals surface area (Å²) in [6.45, 7) is 11.5. The Morgan fingerprint density at radius 1 is 1.11 bits per heavy atom. The van der Waals surface area contributed by atoms with Gasteiger partial charge in [-0.2, -0.15) is 0 Å². The minimum absolute atomic E-state index is 0.0205. The smallest absolute Gasteiger partial charge is 0.243 e. The van der Waals surface area contributed by atoms with Crippen molar-refractivity contribution in [1.82, 2.24) is 25.3 Å². The molecule has 2 saturated heterocycles. The Bertz CT molecular complexity index is 471. The Morgan fingerprint density at radius 2 is 1.79 bits per heavy atom. The van der Waals surface area contributed by atoms with Crippen LogP contribution in [-0.4, -0.2) is 112 Å². The Balaban J connectivity index is 1.77. The fourth-order valence-electron chi connectivity index (χ4n) is 3.59. The molecule has 0 aromatic carbocycles. The predicted molar refractivity (Wildman–Crippen MR) is 114 cm³/mol. The minimum atomic E-state index is 0.0205. The molecule has 0 atom stereocenters. The van der Waals surface area contributed by atoms with Crippen molar-refractivity contribution in [2.24, 2.45) is 4.99 Å². The molecular formula is C20H40N6O2. The highest BCUT2D eigenvalue weighted by Crippen LogP contribution is 2.10. The van der Waals surface area contributed by atoms with E-state index in [1.165, 1.54) is 13.0 Å². The Morgan fingerprint density at radius 3 is 2.43 bits per heavy atom. The summed E-state index contributed by atoms with van der Waals surface area (Å²) in [4.78, 5) is 23.0. The molecule has 0 spiro atoms. The SMILES string of the molecule is CCCN1CCC(NC(=NCC(=O)N(C)C)NCCCN2CCOCC2)CC1. The number of nitrogens with one attached hydrogen (secondary N) is 2. The molecule has 0 aromatic rings. The number of aliphatic imine (C=N–C) groups is 1. The maximum atomic E-state index is 11.9. The number of likely N-dealkylation sites (tertiary alicyclic amines) is 1. The van der Waals surface area contributed by atoms with Crippen LogP contribution < -0.4 is 10.6 Å². The van der Waals surface area contributed by atoms with Crippen LogP contribution in [0.4, 0.5) is 0 Å². The van der Waals surface area contributed by atoms with Gasteiger partial charge in [0.05, 0.1) is 13.2 Å². The average Bonchev–Trinajstić information content (AvgIpc) is 2.71. The van der Waals surface area contributed by atoms with Crippen LogP contribution in [0.15, 0.2) is 4.99 Å². The predicted octanol–water partition coefficient (Wildman–Crippen LogP) is 0.207. The third-order valence-electron chi connectivity index (χ3n) is 5.39. The van der Waals surface area contributed by atoms with Crippen LogP contribution >= 0.6 is 0 Å². The maximum Gasteiger partial charge on any atom is 0.243 e. The zero-order valence-electron chi connectivity index (χ0n) is 18.1. The molecule has 0 unspecified atom stereocenters. The van der Waals surface area contributed by atoms with E-state index < -0.39 is 0 Å². The molecule has 2 heterocycles. The third kappa shape index (κ3) is 8.75. The molecule has 162 valence electrons. The normalized spacial score (nSPS) is 20.2. The van der Waals surface area contributed by atoms with E-state index in [-0.39, 0.29) is 12.5 Å². The summed E-state index contributed by atoms with van der Waals surface area (Å²) in [5, 5.41) is 6.99. The molecular weight excluding hydrogens is 356 g/mol. The highest BCUT2D eigenvalue weighted by Gasteiger charge is 2.19. The van der Waals surface area contributed by atoms with Crippen molar-refractivity contribution in [2.45, 2.75) is 38.6 Å². The van der Waals surface area contributed by atoms with Crippen molar-refractivity contribution in [1.29, 1.82) is 0 Å². The number of hydrogen-bond donors (Lipinski definition) is 2. The van der Waals surface area contributed by atoms with Crippen molar-refractivity contribution in [3.8, 4) is 0 Å². The summed E-state index contributed by atoms with van der Waals surface area (Å²) >= 11 is 0. The third-order valence-corrected chi connectivity index (χ3v) is 5.39. The van der Waals surface area contributed by atoms with E-state index >= 15 is 0 Å². The van der Waals surface area contributed by atoms with Gasteiger partial charge < -0.3 is 25.2 Å². The number of carbonyl (C=O) groups is 1. The summed E-state index contributed by atoms with van der Waals surface area (Å²) in [7, 11) is 3.54. The zero-order valence-corrected chi connectivity index (χ0v) is 18.1. The number of hydrogen-bond acceptors (Lipinski definition) is 5. The van der Waals surface area contributed by atoms with Gasteiger partial charge in [0.1, 0.15) is 6.54 Å². The van der Waals surface area contributed by atoms with E-state index in [4.69, 9.17) is 4.74 Å². The van der Waals surface area contributed by atoms with Gasteiger partial charge >= 0.3 is 0 Å². The Kier molecular flexibility index (Phi) is 10.6. The highest BCUT2D eigenvalue weighted by molar-refractivity contribution is 5.84. The van der Waals surface area contributed by atoms with Crippen LogP contribution in [-0.2, 0) is 9.53 Å². The molecule has 1 amide bonds. The fourth-order valence-corrected chi connectivity index (χ4v) is 3.59. The van der Waals surface area contributed by atoms with Gasteiger partial charge in [0.25, 0.3) is 0 Å². The molecule has 0 aliphatic carbocycles. The van der Waals surface area contributed by atoms with E-state index in [2.05, 4.69) is 32.3 Å². The van der Waals surface area contributed by atoms with Gasteiger partial charge in [-0.25, -0.2) is 4.99 Å². The maximum absolute atomic E-state index is 11.9. The van der Waals surface area contributed by atoms with Gasteiger partial charge in [0.2, 0.25) is 5.91 Å². The van der Waals surface area contributed by atoms with Gasteiger partial charge in [-0.1, -0.05) is 6.92 Å². The molecule has 0 radical (unpaired) electrons. The van der Waals surface area contributed by atoms with Crippen molar-refractivity contribution in [3.63, 3.8) is 0 Å². The van der Waals surface area contributed by atoms with Crippen molar-refractivity contribution >= 4 is 11.9 Å². The first-order valence-electron chi connectivity index (χ1n) is 10.9. The quantitative estimate of drug-likeness (QED) is 0.330. The standard InChI is InChI=1S/C20H40N6O2/c1-4-9-25-11-6-18(7-12-25)23-20(22-17-19(27)24(2)3)21-8-5-10-26-13-15-28-16-14-26/h18H,4-17H2,1-3H3,(H2,21,22,23). The number of guanidine groups is 1. The molecule has 0 aromatic heterocycles. The molecule has 0 bridgehead atoms. The highest BCUT2D eigenvalue weighted by atomic mass is 16.5. The summed E-state index contributed by atoms with van der Waals surface area (Å²) in [5.41, 5.74) is 0. The first-order valence-corrected chi connectivity index (χ1v) is 10.9. The van der Waals surface area contributed by atoms with E-state index in [9.17, 15) is 4.79 Å². The Hall–Kier alpha value is -1.38. The van der Waals surface area contributed by atoms with Crippen molar-refractivity contribution in [2.75, 3.05) is 79.7 Å². The molecule has 2 aliphatic heterocycles. The van der Waals surface area contributed by atoms with Gasteiger partial charge in [0, 0.05) is 52.9 Å². The molecule has 8 nitrogen and oxygen atoms in total. The lowest BCUT2D eigenvalue weighted by Crippen LogP contribution is -2.49. The van der Waals surface area contributed by atoms with Gasteiger partial charge in [-0.05, 0) is 38.8 Å². The largest absolute Gasteiger partial charge is 0.379 e. The van der Waals surface area contributed by atoms with Crippen LogP contribution in [0.2, 0.25) is 0 Å². The lowest BCUT2D eigenvalue weighted by atomic mass is 10.1. The molecule has 28 heavy (non-hydrogen) atoms. The van der Waals surface area contributed by atoms with Crippen LogP contribution in [0.25, 0.3) is 0 Å². The molecule has 8 heteroatoms. The van der Waals surface area contributed by atoms with Gasteiger partial charge in [-0.3, -0.25) is 9.69 Å². The molecule has 2 rings (SSSR count). The van der Waals surface area contributed by atoms with Gasteiger partial charge in [-0.15, -0.1) is 0 Å². The van der Waals surface area contributed by atoms with E-state index in [0.29, 0.717) is 6.04 Å². The minimum Gasteiger partial charge on any atom is -0.379 e. The monoisotopic (exact) mass is 396 g/mol. The Labute approximate surface area is 170 Å². The van der Waals surface area contributed by atoms with Gasteiger partial charge in [0.15, 0.2) is 5.96 Å². The van der Waals surface area contributed by atoms with Crippen LogP contribution in [0.3, 0.4) is 0 Å². The summed E-state index contributed by atoms with van der Waals surface area (Å²) in [6.07, 6.45) is 4.51. The zero-order chi connectivity index (χ0) is 20.2. The second kappa shape index (κ2) is 13.0. The molecule has 2 N–H and O–H groups in total. The number of rotatable bonds is 9. The van der Waals surface area contributed by atoms with Crippen LogP contribution in [0.5, 0.6) is 0 Å². The number of likely N-dealkylation sites (N-methyl/N-ethyl adjacent to an activating group) is 1. The molecule has 2 aliphatic rings. The van der Waals surface area contributed by atoms with Crippen LogP contribution in [0, 0.1) is 0 Å². The number of amides is 1. The number of piperidine rings is 1. The van der Waals surface area contributed by atoms with E-state index in [0.717, 1.165) is 77.7 Å². The first-order chi connectivity index (χ1) is 13.6. The fraction of sp³-hybridized carbons (Fsp3) is 0.900. The number of morpholine rings is 1. The van der Waals surface area contributed by atoms with E-state index in [1.807, 2.05) is 0 Å². The van der Waals surface area contributed by atoms with E-state index in [1.54, 1.807) is 19.0 Å². The first kappa shape index (κ1) is 22.9. The van der Waals surface area contributed by atoms with Crippen LogP contribution in [0.1, 0.15) is 32.6 Å². The topological polar surface area (TPSA) is 72.4 Å².